The van der Waals surface area contributed by atoms with Gasteiger partial charge in [-0.1, -0.05) is 22.0 Å². The number of methoxy groups -OCH3 is 1. The summed E-state index contributed by atoms with van der Waals surface area (Å²) < 4.78 is 35.1. The van der Waals surface area contributed by atoms with Crippen LogP contribution in [0, 0.1) is 0 Å². The molecule has 2 aromatic carbocycles. The Kier molecular flexibility index (Phi) is 7.76. The summed E-state index contributed by atoms with van der Waals surface area (Å²) >= 11 is 5.03. The van der Waals surface area contributed by atoms with Crippen LogP contribution in [-0.2, 0) is 10.0 Å². The molecule has 0 amide bonds. The monoisotopic (exact) mass is 549 g/mol. The van der Waals surface area contributed by atoms with Gasteiger partial charge in [-0.15, -0.1) is 11.3 Å². The summed E-state index contributed by atoms with van der Waals surface area (Å²) in [7, 11) is -1.96. The zero-order valence-electron chi connectivity index (χ0n) is 18.6. The molecule has 9 heteroatoms. The number of thiophene rings is 1. The van der Waals surface area contributed by atoms with Gasteiger partial charge in [-0.25, -0.2) is 13.1 Å². The predicted octanol–water partition coefficient (Wildman–Crippen LogP) is 4.75. The molecule has 4 rings (SSSR count). The van der Waals surface area contributed by atoms with Crippen molar-refractivity contribution in [1.29, 1.82) is 0 Å². The molecular weight excluding hydrogens is 522 g/mol. The van der Waals surface area contributed by atoms with Crippen LogP contribution in [0.2, 0.25) is 0 Å². The van der Waals surface area contributed by atoms with E-state index in [1.54, 1.807) is 42.7 Å². The molecular formula is C24H28BrN3O3S2. The van der Waals surface area contributed by atoms with Gasteiger partial charge in [0, 0.05) is 47.3 Å². The Morgan fingerprint density at radius 2 is 1.67 bits per heavy atom. The van der Waals surface area contributed by atoms with E-state index in [4.69, 9.17) is 4.74 Å². The van der Waals surface area contributed by atoms with Crippen molar-refractivity contribution in [2.45, 2.75) is 23.9 Å². The third kappa shape index (κ3) is 5.78. The number of anilines is 1. The lowest BCUT2D eigenvalue weighted by atomic mass is 10.1. The number of sulfonamides is 1. The van der Waals surface area contributed by atoms with Gasteiger partial charge < -0.3 is 9.64 Å². The molecule has 0 spiro atoms. The van der Waals surface area contributed by atoms with Crippen LogP contribution in [0.5, 0.6) is 5.75 Å². The molecule has 6 nitrogen and oxygen atoms in total. The van der Waals surface area contributed by atoms with Crippen molar-refractivity contribution in [2.75, 3.05) is 38.2 Å². The molecule has 0 bridgehead atoms. The highest BCUT2D eigenvalue weighted by Gasteiger charge is 2.32. The first kappa shape index (κ1) is 24.2. The SMILES string of the molecule is COc1ccc(N2CCN([C@@H](c3cccs3)[C@H](C)NS(=O)(=O)c3ccc(Br)cc3)CC2)cc1. The normalized spacial score (nSPS) is 17.0. The van der Waals surface area contributed by atoms with Crippen molar-refractivity contribution < 1.29 is 13.2 Å². The van der Waals surface area contributed by atoms with Crippen molar-refractivity contribution in [3.63, 3.8) is 0 Å². The Morgan fingerprint density at radius 3 is 2.24 bits per heavy atom. The van der Waals surface area contributed by atoms with Gasteiger partial charge in [-0.2, -0.15) is 0 Å². The third-order valence-corrected chi connectivity index (χ3v) is 8.96. The molecule has 33 heavy (non-hydrogen) atoms. The first-order valence-corrected chi connectivity index (χ1v) is 14.0. The maximum Gasteiger partial charge on any atom is 0.240 e. The van der Waals surface area contributed by atoms with Crippen molar-refractivity contribution in [2.24, 2.45) is 0 Å². The lowest BCUT2D eigenvalue weighted by Crippen LogP contribution is -2.52. The maximum atomic E-state index is 13.0. The molecule has 3 aromatic rings. The summed E-state index contributed by atoms with van der Waals surface area (Å²) in [5.74, 6) is 0.849. The minimum atomic E-state index is -3.63. The van der Waals surface area contributed by atoms with Crippen LogP contribution in [0.15, 0.2) is 75.4 Å². The average molecular weight is 551 g/mol. The molecule has 2 atom stereocenters. The first-order valence-electron chi connectivity index (χ1n) is 10.8. The molecule has 2 heterocycles. The Labute approximate surface area is 208 Å². The van der Waals surface area contributed by atoms with Crippen LogP contribution in [0.3, 0.4) is 0 Å². The van der Waals surface area contributed by atoms with Crippen LogP contribution in [0.25, 0.3) is 0 Å². The van der Waals surface area contributed by atoms with Crippen LogP contribution in [0.1, 0.15) is 17.8 Å². The predicted molar refractivity (Wildman–Crippen MR) is 138 cm³/mol. The van der Waals surface area contributed by atoms with Gasteiger partial charge in [-0.3, -0.25) is 4.90 Å². The number of rotatable bonds is 8. The summed E-state index contributed by atoms with van der Waals surface area (Å²) in [5.41, 5.74) is 1.17. The highest BCUT2D eigenvalue weighted by molar-refractivity contribution is 9.10. The number of nitrogens with zero attached hydrogens (tertiary/aromatic N) is 2. The standard InChI is InChI=1S/C24H28BrN3O3S2/c1-18(26-33(29,30)22-11-5-19(25)6-12-22)24(23-4-3-17-32-23)28-15-13-27(14-16-28)20-7-9-21(31-2)10-8-20/h3-12,17-18,24,26H,13-16H2,1-2H3/t18-,24+/m0/s1. The van der Waals surface area contributed by atoms with E-state index in [0.29, 0.717) is 0 Å². The van der Waals surface area contributed by atoms with Crippen LogP contribution < -0.4 is 14.4 Å². The quantitative estimate of drug-likeness (QED) is 0.439. The summed E-state index contributed by atoms with van der Waals surface area (Å²) in [6.07, 6.45) is 0. The number of halogens is 1. The highest BCUT2D eigenvalue weighted by atomic mass is 79.9. The molecule has 0 radical (unpaired) electrons. The molecule has 176 valence electrons. The van der Waals surface area contributed by atoms with Crippen molar-refractivity contribution >= 4 is 43.0 Å². The molecule has 1 aliphatic rings. The van der Waals surface area contributed by atoms with E-state index in [9.17, 15) is 8.42 Å². The average Bonchev–Trinajstić information content (AvgIpc) is 3.34. The fourth-order valence-corrected chi connectivity index (χ4v) is 6.72. The van der Waals surface area contributed by atoms with Gasteiger partial charge in [0.2, 0.25) is 10.0 Å². The minimum Gasteiger partial charge on any atom is -0.497 e. The van der Waals surface area contributed by atoms with Gasteiger partial charge >= 0.3 is 0 Å². The van der Waals surface area contributed by atoms with Crippen molar-refractivity contribution in [3.05, 3.63) is 75.4 Å². The number of piperazine rings is 1. The molecule has 0 unspecified atom stereocenters. The first-order chi connectivity index (χ1) is 15.9. The summed E-state index contributed by atoms with van der Waals surface area (Å²) in [6.45, 7) is 5.40. The van der Waals surface area contributed by atoms with Crippen LogP contribution >= 0.6 is 27.3 Å². The summed E-state index contributed by atoms with van der Waals surface area (Å²) in [4.78, 5) is 6.18. The molecule has 1 aliphatic heterocycles. The summed E-state index contributed by atoms with van der Waals surface area (Å²) in [6, 6.07) is 18.7. The fraction of sp³-hybridized carbons (Fsp3) is 0.333. The van der Waals surface area contributed by atoms with E-state index in [1.165, 1.54) is 10.6 Å². The second kappa shape index (κ2) is 10.6. The van der Waals surface area contributed by atoms with E-state index >= 15 is 0 Å². The van der Waals surface area contributed by atoms with Crippen LogP contribution in [-0.4, -0.2) is 52.6 Å². The Hall–Kier alpha value is -1.91. The van der Waals surface area contributed by atoms with Crippen molar-refractivity contribution in [3.8, 4) is 5.75 Å². The highest BCUT2D eigenvalue weighted by Crippen LogP contribution is 2.31. The van der Waals surface area contributed by atoms with Crippen molar-refractivity contribution in [1.82, 2.24) is 9.62 Å². The van der Waals surface area contributed by atoms with Crippen LogP contribution in [0.4, 0.5) is 5.69 Å². The topological polar surface area (TPSA) is 61.9 Å². The van der Waals surface area contributed by atoms with Gasteiger partial charge in [0.25, 0.3) is 0 Å². The zero-order valence-corrected chi connectivity index (χ0v) is 21.9. The maximum absolute atomic E-state index is 13.0. The minimum absolute atomic E-state index is 0.0340. The second-order valence-corrected chi connectivity index (χ2v) is 11.7. The fourth-order valence-electron chi connectivity index (χ4n) is 4.24. The Bertz CT molecular complexity index is 1130. The smallest absolute Gasteiger partial charge is 0.240 e. The number of hydrogen-bond donors (Lipinski definition) is 1. The van der Waals surface area contributed by atoms with E-state index in [1.807, 2.05) is 30.5 Å². The van der Waals surface area contributed by atoms with Gasteiger partial charge in [-0.05, 0) is 66.9 Å². The van der Waals surface area contributed by atoms with Gasteiger partial charge in [0.05, 0.1) is 18.0 Å². The van der Waals surface area contributed by atoms with E-state index in [0.717, 1.165) is 36.4 Å². The number of benzene rings is 2. The summed E-state index contributed by atoms with van der Waals surface area (Å²) in [5, 5.41) is 2.05. The molecule has 1 saturated heterocycles. The van der Waals surface area contributed by atoms with E-state index in [-0.39, 0.29) is 17.0 Å². The van der Waals surface area contributed by atoms with E-state index < -0.39 is 10.0 Å². The molecule has 1 N–H and O–H groups in total. The Morgan fingerprint density at radius 1 is 1.00 bits per heavy atom. The molecule has 1 fully saturated rings. The van der Waals surface area contributed by atoms with Gasteiger partial charge in [0.15, 0.2) is 0 Å². The third-order valence-electron chi connectivity index (χ3n) is 5.92. The largest absolute Gasteiger partial charge is 0.497 e. The Balaban J connectivity index is 1.48. The lowest BCUT2D eigenvalue weighted by molar-refractivity contribution is 0.164. The number of hydrogen-bond acceptors (Lipinski definition) is 6. The number of ether oxygens (including phenoxy) is 1. The molecule has 0 aliphatic carbocycles. The second-order valence-electron chi connectivity index (χ2n) is 8.05. The number of nitrogens with one attached hydrogen (secondary N) is 1. The zero-order chi connectivity index (χ0) is 23.4. The lowest BCUT2D eigenvalue weighted by Gasteiger charge is -2.42. The van der Waals surface area contributed by atoms with Gasteiger partial charge in [0.1, 0.15) is 5.75 Å². The molecule has 1 aromatic heterocycles. The van der Waals surface area contributed by atoms with E-state index in [2.05, 4.69) is 48.7 Å². The molecule has 0 saturated carbocycles.